The lowest BCUT2D eigenvalue weighted by Crippen LogP contribution is -2.52. The van der Waals surface area contributed by atoms with Gasteiger partial charge in [-0.1, -0.05) is 48.5 Å². The van der Waals surface area contributed by atoms with Gasteiger partial charge in [-0.3, -0.25) is 28.5 Å². The average Bonchev–Trinajstić information content (AvgIpc) is 3.04. The Kier molecular flexibility index (Phi) is 15.9. The van der Waals surface area contributed by atoms with Crippen LogP contribution in [0, 0.1) is 23.7 Å². The summed E-state index contributed by atoms with van der Waals surface area (Å²) in [7, 11) is -0.813. The first kappa shape index (κ1) is 42.1. The SMILES string of the molecule is CC(C)CNC(=O)C(NC(=O)C(C)CC(O)C(CC(C)C)NC(=O)c1cc(C(=O)N(C)Cc2ccncc2)cc(N(C)S(C)(=O)=O)c1)C(C)C. The lowest BCUT2D eigenvalue weighted by atomic mass is 9.91. The number of aliphatic hydroxyl groups is 1. The van der Waals surface area contributed by atoms with E-state index in [0.717, 1.165) is 16.1 Å². The van der Waals surface area contributed by atoms with E-state index >= 15 is 0 Å². The second-order valence-corrected chi connectivity index (χ2v) is 16.3. The molecule has 4 amide bonds. The molecule has 4 unspecified atom stereocenters. The lowest BCUT2D eigenvalue weighted by molar-refractivity contribution is -0.132. The van der Waals surface area contributed by atoms with Crippen LogP contribution in [-0.4, -0.2) is 92.1 Å². The van der Waals surface area contributed by atoms with Gasteiger partial charge in [-0.05, 0) is 66.5 Å². The minimum atomic E-state index is -3.74. The highest BCUT2D eigenvalue weighted by Gasteiger charge is 2.31. The van der Waals surface area contributed by atoms with Crippen LogP contribution in [0.5, 0.6) is 0 Å². The number of rotatable bonds is 18. The average molecular weight is 717 g/mol. The van der Waals surface area contributed by atoms with Crippen LogP contribution in [0.1, 0.15) is 87.6 Å². The zero-order valence-electron chi connectivity index (χ0n) is 31.1. The number of carbonyl (C=O) groups is 4. The summed E-state index contributed by atoms with van der Waals surface area (Å²) in [4.78, 5) is 58.7. The second-order valence-electron chi connectivity index (χ2n) is 14.3. The first-order valence-corrected chi connectivity index (χ1v) is 18.9. The van der Waals surface area contributed by atoms with Crippen molar-refractivity contribution in [2.75, 3.05) is 31.2 Å². The van der Waals surface area contributed by atoms with Crippen molar-refractivity contribution in [3.8, 4) is 0 Å². The molecule has 4 N–H and O–H groups in total. The van der Waals surface area contributed by atoms with Crippen molar-refractivity contribution in [3.05, 3.63) is 59.4 Å². The van der Waals surface area contributed by atoms with E-state index in [1.54, 1.807) is 38.5 Å². The molecular formula is C36H56N6O7S. The molecule has 0 saturated heterocycles. The molecule has 1 heterocycles. The number of amides is 4. The Balaban J connectivity index is 2.32. The Labute approximate surface area is 297 Å². The summed E-state index contributed by atoms with van der Waals surface area (Å²) in [5.74, 6) is -2.28. The Morgan fingerprint density at radius 2 is 1.44 bits per heavy atom. The van der Waals surface area contributed by atoms with Gasteiger partial charge in [0.05, 0.1) is 24.1 Å². The molecule has 1 aromatic carbocycles. The molecular weight excluding hydrogens is 660 g/mol. The third-order valence-electron chi connectivity index (χ3n) is 8.28. The molecule has 0 saturated carbocycles. The van der Waals surface area contributed by atoms with Crippen molar-refractivity contribution in [3.63, 3.8) is 0 Å². The Bertz CT molecular complexity index is 1570. The summed E-state index contributed by atoms with van der Waals surface area (Å²) < 4.78 is 25.9. The van der Waals surface area contributed by atoms with Crippen LogP contribution in [0.25, 0.3) is 0 Å². The second kappa shape index (κ2) is 18.8. The van der Waals surface area contributed by atoms with Crippen LogP contribution in [0.15, 0.2) is 42.7 Å². The van der Waals surface area contributed by atoms with Crippen molar-refractivity contribution < 1.29 is 32.7 Å². The largest absolute Gasteiger partial charge is 0.391 e. The molecule has 0 radical (unpaired) electrons. The first-order chi connectivity index (χ1) is 23.2. The topological polar surface area (TPSA) is 178 Å². The van der Waals surface area contributed by atoms with Gasteiger partial charge in [-0.15, -0.1) is 0 Å². The molecule has 13 nitrogen and oxygen atoms in total. The minimum absolute atomic E-state index is 0.00230. The van der Waals surface area contributed by atoms with E-state index in [4.69, 9.17) is 0 Å². The number of sulfonamides is 1. The fraction of sp³-hybridized carbons (Fsp3) is 0.583. The van der Waals surface area contributed by atoms with E-state index in [1.165, 1.54) is 30.1 Å². The zero-order valence-corrected chi connectivity index (χ0v) is 31.9. The van der Waals surface area contributed by atoms with Gasteiger partial charge < -0.3 is 26.0 Å². The molecule has 0 bridgehead atoms. The predicted octanol–water partition coefficient (Wildman–Crippen LogP) is 3.19. The van der Waals surface area contributed by atoms with Gasteiger partial charge >= 0.3 is 0 Å². The maximum Gasteiger partial charge on any atom is 0.253 e. The molecule has 278 valence electrons. The van der Waals surface area contributed by atoms with Crippen molar-refractivity contribution in [2.45, 2.75) is 86.0 Å². The van der Waals surface area contributed by atoms with Gasteiger partial charge in [-0.25, -0.2) is 8.42 Å². The number of hydrogen-bond donors (Lipinski definition) is 4. The molecule has 2 aromatic rings. The van der Waals surface area contributed by atoms with Crippen molar-refractivity contribution >= 4 is 39.3 Å². The Hall–Kier alpha value is -4.04. The molecule has 0 aliphatic rings. The van der Waals surface area contributed by atoms with Gasteiger partial charge in [0.2, 0.25) is 21.8 Å². The van der Waals surface area contributed by atoms with Gasteiger partial charge in [0.1, 0.15) is 6.04 Å². The van der Waals surface area contributed by atoms with E-state index in [0.29, 0.717) is 13.0 Å². The van der Waals surface area contributed by atoms with Crippen LogP contribution >= 0.6 is 0 Å². The highest BCUT2D eigenvalue weighted by atomic mass is 32.2. The van der Waals surface area contributed by atoms with Gasteiger partial charge in [0.25, 0.3) is 11.8 Å². The molecule has 2 rings (SSSR count). The molecule has 1 aromatic heterocycles. The number of nitrogens with zero attached hydrogens (tertiary/aromatic N) is 3. The first-order valence-electron chi connectivity index (χ1n) is 17.0. The van der Waals surface area contributed by atoms with Gasteiger partial charge in [0, 0.05) is 56.6 Å². The summed E-state index contributed by atoms with van der Waals surface area (Å²) in [6, 6.07) is 6.20. The molecule has 0 spiro atoms. The fourth-order valence-electron chi connectivity index (χ4n) is 5.24. The summed E-state index contributed by atoms with van der Waals surface area (Å²) in [5, 5.41) is 19.9. The number of hydrogen-bond acceptors (Lipinski definition) is 8. The standard InChI is InChI=1S/C36H56N6O7S/c1-22(2)15-30(31(43)16-25(7)33(44)40-32(24(5)6)35(46)38-20-23(3)4)39-34(45)27-17-28(19-29(18-27)42(9)50(10,48)49)36(47)41(8)21-26-11-13-37-14-12-26/h11-14,17-19,22-25,30-32,43H,15-16,20-21H2,1-10H3,(H,38,46)(H,39,45)(H,40,44). The number of aliphatic hydroxyl groups excluding tert-OH is 1. The van der Waals surface area contributed by atoms with E-state index in [-0.39, 0.29) is 53.4 Å². The molecule has 0 aliphatic heterocycles. The number of nitrogens with one attached hydrogen (secondary N) is 3. The maximum atomic E-state index is 13.8. The minimum Gasteiger partial charge on any atom is -0.391 e. The molecule has 0 aliphatic carbocycles. The number of pyridine rings is 1. The quantitative estimate of drug-likeness (QED) is 0.182. The smallest absolute Gasteiger partial charge is 0.253 e. The van der Waals surface area contributed by atoms with Crippen molar-refractivity contribution in [1.82, 2.24) is 25.8 Å². The normalized spacial score (nSPS) is 14.1. The molecule has 14 heteroatoms. The summed E-state index contributed by atoms with van der Waals surface area (Å²) >= 11 is 0. The predicted molar refractivity (Wildman–Crippen MR) is 195 cm³/mol. The van der Waals surface area contributed by atoms with Crippen LogP contribution in [-0.2, 0) is 26.2 Å². The van der Waals surface area contributed by atoms with E-state index < -0.39 is 51.9 Å². The van der Waals surface area contributed by atoms with Crippen LogP contribution in [0.3, 0.4) is 0 Å². The van der Waals surface area contributed by atoms with Crippen molar-refractivity contribution in [1.29, 1.82) is 0 Å². The van der Waals surface area contributed by atoms with Crippen LogP contribution < -0.4 is 20.3 Å². The number of benzene rings is 1. The van der Waals surface area contributed by atoms with Crippen LogP contribution in [0.4, 0.5) is 5.69 Å². The zero-order chi connectivity index (χ0) is 37.9. The summed E-state index contributed by atoms with van der Waals surface area (Å²) in [5.41, 5.74) is 1.07. The number of carbonyl (C=O) groups excluding carboxylic acids is 4. The highest BCUT2D eigenvalue weighted by Crippen LogP contribution is 2.23. The fourth-order valence-corrected chi connectivity index (χ4v) is 5.73. The Morgan fingerprint density at radius 3 is 1.98 bits per heavy atom. The monoisotopic (exact) mass is 716 g/mol. The van der Waals surface area contributed by atoms with E-state index in [2.05, 4.69) is 20.9 Å². The lowest BCUT2D eigenvalue weighted by Gasteiger charge is -2.29. The highest BCUT2D eigenvalue weighted by molar-refractivity contribution is 7.92. The van der Waals surface area contributed by atoms with Gasteiger partial charge in [-0.2, -0.15) is 0 Å². The summed E-state index contributed by atoms with van der Waals surface area (Å²) in [6.07, 6.45) is 3.48. The van der Waals surface area contributed by atoms with Gasteiger partial charge in [0.15, 0.2) is 0 Å². The van der Waals surface area contributed by atoms with E-state index in [9.17, 15) is 32.7 Å². The summed E-state index contributed by atoms with van der Waals surface area (Å²) in [6.45, 7) is 13.9. The maximum absolute atomic E-state index is 13.8. The number of anilines is 1. The molecule has 4 atom stereocenters. The van der Waals surface area contributed by atoms with E-state index in [1.807, 2.05) is 41.5 Å². The molecule has 0 fully saturated rings. The Morgan fingerprint density at radius 1 is 0.840 bits per heavy atom. The third kappa shape index (κ3) is 13.0. The van der Waals surface area contributed by atoms with Crippen LogP contribution in [0.2, 0.25) is 0 Å². The number of aromatic nitrogens is 1. The third-order valence-corrected chi connectivity index (χ3v) is 9.49. The van der Waals surface area contributed by atoms with Crippen molar-refractivity contribution in [2.24, 2.45) is 23.7 Å². The molecule has 50 heavy (non-hydrogen) atoms.